The molecule has 1 aromatic heterocycles. The molecule has 0 saturated carbocycles. The molecule has 0 bridgehead atoms. The second kappa shape index (κ2) is 9.88. The highest BCUT2D eigenvalue weighted by Gasteiger charge is 2.28. The van der Waals surface area contributed by atoms with Gasteiger partial charge in [0.05, 0.1) is 10.6 Å². The summed E-state index contributed by atoms with van der Waals surface area (Å²) in [6.45, 7) is -0.494. The normalized spacial score (nSPS) is 11.2. The minimum Gasteiger partial charge on any atom is -0.299 e. The monoisotopic (exact) mass is 518 g/mol. The van der Waals surface area contributed by atoms with Crippen LogP contribution in [0.3, 0.4) is 0 Å². The first-order valence-electron chi connectivity index (χ1n) is 9.55. The van der Waals surface area contributed by atoms with Crippen molar-refractivity contribution < 1.29 is 13.2 Å². The van der Waals surface area contributed by atoms with Gasteiger partial charge in [-0.1, -0.05) is 70.9 Å². The summed E-state index contributed by atoms with van der Waals surface area (Å²) in [5.74, 6) is -0.580. The van der Waals surface area contributed by atoms with E-state index in [0.29, 0.717) is 15.1 Å². The van der Waals surface area contributed by atoms with Crippen molar-refractivity contribution >= 4 is 61.3 Å². The molecule has 0 aliphatic carbocycles. The molecule has 33 heavy (non-hydrogen) atoms. The number of sulfonamides is 1. The van der Waals surface area contributed by atoms with Gasteiger partial charge in [0.1, 0.15) is 11.6 Å². The van der Waals surface area contributed by atoms with Crippen molar-refractivity contribution in [3.63, 3.8) is 0 Å². The van der Waals surface area contributed by atoms with Gasteiger partial charge >= 0.3 is 0 Å². The summed E-state index contributed by atoms with van der Waals surface area (Å²) in [6, 6.07) is 21.4. The second-order valence-corrected chi connectivity index (χ2v) is 10.5. The Morgan fingerprint density at radius 1 is 0.909 bits per heavy atom. The molecule has 11 heteroatoms. The molecule has 1 amide bonds. The van der Waals surface area contributed by atoms with Crippen LogP contribution in [0, 0.1) is 0 Å². The number of nitrogens with zero attached hydrogens (tertiary/aromatic N) is 3. The molecular formula is C22H16Cl2N4O3S2. The van der Waals surface area contributed by atoms with Crippen LogP contribution in [0.5, 0.6) is 0 Å². The summed E-state index contributed by atoms with van der Waals surface area (Å²) in [4.78, 5) is 12.8. The predicted molar refractivity (Wildman–Crippen MR) is 131 cm³/mol. The lowest BCUT2D eigenvalue weighted by atomic mass is 10.2. The molecule has 0 spiro atoms. The lowest BCUT2D eigenvalue weighted by molar-refractivity contribution is -0.114. The van der Waals surface area contributed by atoms with E-state index in [-0.39, 0.29) is 15.7 Å². The Labute approximate surface area is 204 Å². The number of aromatic nitrogens is 2. The van der Waals surface area contributed by atoms with E-state index in [1.165, 1.54) is 41.7 Å². The topological polar surface area (TPSA) is 92.3 Å². The van der Waals surface area contributed by atoms with E-state index in [4.69, 9.17) is 23.2 Å². The van der Waals surface area contributed by atoms with Crippen LogP contribution in [-0.4, -0.2) is 31.1 Å². The zero-order chi connectivity index (χ0) is 23.4. The Balaban J connectivity index is 1.60. The maximum absolute atomic E-state index is 13.4. The fourth-order valence-electron chi connectivity index (χ4n) is 2.94. The Kier molecular flexibility index (Phi) is 6.94. The zero-order valence-electron chi connectivity index (χ0n) is 16.9. The molecule has 4 rings (SSSR count). The Morgan fingerprint density at radius 2 is 1.64 bits per heavy atom. The number of benzene rings is 3. The molecule has 0 atom stereocenters. The van der Waals surface area contributed by atoms with Crippen molar-refractivity contribution in [3.05, 3.63) is 88.9 Å². The molecule has 0 saturated heterocycles. The van der Waals surface area contributed by atoms with Crippen LogP contribution in [0.4, 0.5) is 10.8 Å². The molecule has 0 aliphatic heterocycles. The first-order valence-corrected chi connectivity index (χ1v) is 12.6. The van der Waals surface area contributed by atoms with Crippen molar-refractivity contribution in [3.8, 4) is 10.6 Å². The van der Waals surface area contributed by atoms with E-state index in [2.05, 4.69) is 15.5 Å². The van der Waals surface area contributed by atoms with Gasteiger partial charge in [-0.2, -0.15) is 0 Å². The number of hydrogen-bond donors (Lipinski definition) is 1. The number of carbonyl (C=O) groups excluding carboxylic acids is 1. The van der Waals surface area contributed by atoms with E-state index in [1.54, 1.807) is 18.2 Å². The number of halogens is 2. The van der Waals surface area contributed by atoms with Crippen LogP contribution in [0.1, 0.15) is 0 Å². The van der Waals surface area contributed by atoms with Gasteiger partial charge in [0.2, 0.25) is 11.0 Å². The second-order valence-electron chi connectivity index (χ2n) is 6.77. The van der Waals surface area contributed by atoms with Crippen molar-refractivity contribution in [2.75, 3.05) is 16.2 Å². The molecule has 1 N–H and O–H groups in total. The molecule has 0 fully saturated rings. The Morgan fingerprint density at radius 3 is 2.33 bits per heavy atom. The van der Waals surface area contributed by atoms with Crippen molar-refractivity contribution in [1.29, 1.82) is 0 Å². The van der Waals surface area contributed by atoms with E-state index in [1.807, 2.05) is 30.3 Å². The molecule has 0 unspecified atom stereocenters. The van der Waals surface area contributed by atoms with Crippen molar-refractivity contribution in [2.45, 2.75) is 4.90 Å². The Hall–Kier alpha value is -2.98. The summed E-state index contributed by atoms with van der Waals surface area (Å²) in [5.41, 5.74) is 1.11. The first kappa shape index (κ1) is 23.2. The minimum absolute atomic E-state index is 0.0121. The Bertz CT molecular complexity index is 1380. The molecular weight excluding hydrogens is 503 g/mol. The fraction of sp³-hybridized carbons (Fsp3) is 0.0455. The molecule has 0 aliphatic rings. The fourth-order valence-corrected chi connectivity index (χ4v) is 5.43. The number of amides is 1. The van der Waals surface area contributed by atoms with Crippen LogP contribution >= 0.6 is 34.5 Å². The smallest absolute Gasteiger partial charge is 0.264 e. The summed E-state index contributed by atoms with van der Waals surface area (Å²) < 4.78 is 27.7. The van der Waals surface area contributed by atoms with Crippen molar-refractivity contribution in [2.24, 2.45) is 0 Å². The van der Waals surface area contributed by atoms with E-state index >= 15 is 0 Å². The number of hydrogen-bond acceptors (Lipinski definition) is 6. The van der Waals surface area contributed by atoms with Gasteiger partial charge in [0.15, 0.2) is 0 Å². The minimum atomic E-state index is -4.09. The van der Waals surface area contributed by atoms with Gasteiger partial charge in [-0.25, -0.2) is 8.42 Å². The van der Waals surface area contributed by atoms with Gasteiger partial charge in [0, 0.05) is 15.6 Å². The average molecular weight is 519 g/mol. The van der Waals surface area contributed by atoms with Crippen molar-refractivity contribution in [1.82, 2.24) is 10.2 Å². The average Bonchev–Trinajstić information content (AvgIpc) is 3.26. The predicted octanol–water partition coefficient (Wildman–Crippen LogP) is 5.35. The third-order valence-corrected chi connectivity index (χ3v) is 7.64. The molecule has 0 radical (unpaired) electrons. The standard InChI is InChI=1S/C22H16Cl2N4O3S2/c23-16-9-11-19(12-10-16)33(30,31)28(18-8-4-7-17(24)13-18)14-20(29)25-22-27-26-21(32-22)15-5-2-1-3-6-15/h1-13H,14H2,(H,25,27,29). The first-order chi connectivity index (χ1) is 15.8. The van der Waals surface area contributed by atoms with Crippen LogP contribution < -0.4 is 9.62 Å². The van der Waals surface area contributed by atoms with Crippen LogP contribution in [0.25, 0.3) is 10.6 Å². The number of anilines is 2. The molecule has 7 nitrogen and oxygen atoms in total. The van der Waals surface area contributed by atoms with Gasteiger partial charge < -0.3 is 0 Å². The van der Waals surface area contributed by atoms with Crippen LogP contribution in [0.2, 0.25) is 10.0 Å². The SMILES string of the molecule is O=C(CN(c1cccc(Cl)c1)S(=O)(=O)c1ccc(Cl)cc1)Nc1nnc(-c2ccccc2)s1. The summed E-state index contributed by atoms with van der Waals surface area (Å²) >= 11 is 13.2. The number of carbonyl (C=O) groups is 1. The van der Waals surface area contributed by atoms with Gasteiger partial charge in [-0.05, 0) is 42.5 Å². The van der Waals surface area contributed by atoms with Gasteiger partial charge in [-0.15, -0.1) is 10.2 Å². The van der Waals surface area contributed by atoms with E-state index in [0.717, 1.165) is 9.87 Å². The van der Waals surface area contributed by atoms with Crippen LogP contribution in [-0.2, 0) is 14.8 Å². The summed E-state index contributed by atoms with van der Waals surface area (Å²) in [5, 5.41) is 12.3. The third-order valence-electron chi connectivity index (χ3n) is 4.48. The quantitative estimate of drug-likeness (QED) is 0.356. The van der Waals surface area contributed by atoms with Gasteiger partial charge in [0.25, 0.3) is 10.0 Å². The summed E-state index contributed by atoms with van der Waals surface area (Å²) in [6.07, 6.45) is 0. The molecule has 1 heterocycles. The number of nitrogens with one attached hydrogen (secondary N) is 1. The highest BCUT2D eigenvalue weighted by molar-refractivity contribution is 7.92. The zero-order valence-corrected chi connectivity index (χ0v) is 20.0. The third kappa shape index (κ3) is 5.51. The van der Waals surface area contributed by atoms with Crippen LogP contribution in [0.15, 0.2) is 83.8 Å². The number of rotatable bonds is 7. The lowest BCUT2D eigenvalue weighted by Crippen LogP contribution is -2.38. The lowest BCUT2D eigenvalue weighted by Gasteiger charge is -2.24. The highest BCUT2D eigenvalue weighted by atomic mass is 35.5. The highest BCUT2D eigenvalue weighted by Crippen LogP contribution is 2.28. The van der Waals surface area contributed by atoms with Gasteiger partial charge in [-0.3, -0.25) is 14.4 Å². The molecule has 3 aromatic carbocycles. The molecule has 4 aromatic rings. The maximum atomic E-state index is 13.4. The van der Waals surface area contributed by atoms with E-state index < -0.39 is 22.5 Å². The summed E-state index contributed by atoms with van der Waals surface area (Å²) in [7, 11) is -4.09. The van der Waals surface area contributed by atoms with E-state index in [9.17, 15) is 13.2 Å². The maximum Gasteiger partial charge on any atom is 0.264 e. The largest absolute Gasteiger partial charge is 0.299 e. The molecule has 168 valence electrons.